The maximum atomic E-state index is 12.5. The van der Waals surface area contributed by atoms with Crippen LogP contribution in [0.1, 0.15) is 58.8 Å². The maximum absolute atomic E-state index is 12.5. The van der Waals surface area contributed by atoms with Crippen LogP contribution in [-0.2, 0) is 9.59 Å². The number of piperidine rings is 1. The lowest BCUT2D eigenvalue weighted by atomic mass is 9.47. The molecule has 1 saturated heterocycles. The average Bonchev–Trinajstić information content (AvgIpc) is 2.92. The summed E-state index contributed by atoms with van der Waals surface area (Å²) in [6.45, 7) is 4.61. The number of nitrogens with zero attached hydrogens (tertiary/aromatic N) is 1. The molecule has 0 aromatic rings. The molecule has 3 fully saturated rings. The van der Waals surface area contributed by atoms with Gasteiger partial charge in [-0.15, -0.1) is 0 Å². The quantitative estimate of drug-likeness (QED) is 0.566. The van der Waals surface area contributed by atoms with Crippen molar-refractivity contribution in [3.05, 3.63) is 11.6 Å². The predicted octanol–water partition coefficient (Wildman–Crippen LogP) is 2.89. The van der Waals surface area contributed by atoms with Crippen molar-refractivity contribution in [1.29, 1.82) is 0 Å². The van der Waals surface area contributed by atoms with E-state index in [-0.39, 0.29) is 22.6 Å². The summed E-state index contributed by atoms with van der Waals surface area (Å²) in [6.07, 6.45) is 8.97. The highest BCUT2D eigenvalue weighted by molar-refractivity contribution is 5.94. The first kappa shape index (κ1) is 17.1. The first-order chi connectivity index (χ1) is 11.8. The zero-order valence-electron chi connectivity index (χ0n) is 15.5. The summed E-state index contributed by atoms with van der Waals surface area (Å²) in [6, 6.07) is 0.318. The summed E-state index contributed by atoms with van der Waals surface area (Å²) >= 11 is 0. The fourth-order valence-electron chi connectivity index (χ4n) is 6.78. The summed E-state index contributed by atoms with van der Waals surface area (Å²) in [5, 5.41) is 13.6. The van der Waals surface area contributed by atoms with Crippen molar-refractivity contribution in [2.45, 2.75) is 64.8 Å². The van der Waals surface area contributed by atoms with E-state index in [0.29, 0.717) is 30.2 Å². The molecule has 25 heavy (non-hydrogen) atoms. The van der Waals surface area contributed by atoms with E-state index in [0.717, 1.165) is 49.2 Å². The Balaban J connectivity index is 1.61. The highest BCUT2D eigenvalue weighted by atomic mass is 16.5. The summed E-state index contributed by atoms with van der Waals surface area (Å²) in [5.41, 5.74) is 0.889. The van der Waals surface area contributed by atoms with Crippen LogP contribution in [0.25, 0.3) is 0 Å². The third kappa shape index (κ3) is 2.31. The molecule has 0 spiro atoms. The summed E-state index contributed by atoms with van der Waals surface area (Å²) in [7, 11) is 1.42. The second-order valence-electron chi connectivity index (χ2n) is 9.22. The number of hydrogen-bond acceptors (Lipinski definition) is 3. The van der Waals surface area contributed by atoms with Crippen LogP contribution in [0.15, 0.2) is 11.6 Å². The topological polar surface area (TPSA) is 69.6 Å². The Bertz CT molecular complexity index is 643. The molecule has 0 aromatic heterocycles. The van der Waals surface area contributed by atoms with E-state index >= 15 is 0 Å². The van der Waals surface area contributed by atoms with Gasteiger partial charge in [-0.25, -0.2) is 5.06 Å². The molecule has 1 aliphatic heterocycles. The number of rotatable bonds is 1. The molecule has 1 unspecified atom stereocenters. The number of nitrogens with one attached hydrogen (secondary N) is 1. The van der Waals surface area contributed by atoms with Crippen LogP contribution < -0.4 is 5.32 Å². The smallest absolute Gasteiger partial charge is 0.273 e. The fraction of sp³-hybridized carbons (Fsp3) is 0.800. The van der Waals surface area contributed by atoms with Crippen LogP contribution in [0, 0.1) is 28.6 Å². The lowest BCUT2D eigenvalue weighted by Gasteiger charge is -2.59. The van der Waals surface area contributed by atoms with Gasteiger partial charge in [0.15, 0.2) is 0 Å². The number of hydroxylamine groups is 2. The SMILES string of the molecule is CN(O)C(=O)C1=CC[C@H]2[C@@H]3CCC4NC(=O)CC[C@]4(C)[C@H]3CC[C@]12C. The molecule has 0 aromatic carbocycles. The van der Waals surface area contributed by atoms with E-state index < -0.39 is 0 Å². The van der Waals surface area contributed by atoms with Gasteiger partial charge in [-0.2, -0.15) is 0 Å². The number of allylic oxidation sites excluding steroid dienone is 1. The van der Waals surface area contributed by atoms with Gasteiger partial charge in [-0.3, -0.25) is 14.8 Å². The van der Waals surface area contributed by atoms with Crippen LogP contribution in [0.2, 0.25) is 0 Å². The van der Waals surface area contributed by atoms with Crippen molar-refractivity contribution in [2.24, 2.45) is 28.6 Å². The largest absolute Gasteiger partial charge is 0.353 e. The van der Waals surface area contributed by atoms with Crippen molar-refractivity contribution in [1.82, 2.24) is 10.4 Å². The molecule has 5 heteroatoms. The summed E-state index contributed by atoms with van der Waals surface area (Å²) in [4.78, 5) is 24.3. The molecule has 2 N–H and O–H groups in total. The van der Waals surface area contributed by atoms with E-state index in [4.69, 9.17) is 0 Å². The standard InChI is InChI=1S/C20H30N2O3/c1-19-10-8-14-12(13(19)5-6-15(19)18(24)22(3)25)4-7-16-20(14,2)11-9-17(23)21-16/h6,12-14,16,25H,4-5,7-11H2,1-3H3,(H,21,23)/t12-,13-,14-,16?,19-,20+/m0/s1. The summed E-state index contributed by atoms with van der Waals surface area (Å²) < 4.78 is 0. The first-order valence-electron chi connectivity index (χ1n) is 9.74. The van der Waals surface area contributed by atoms with E-state index in [2.05, 4.69) is 25.2 Å². The Hall–Kier alpha value is -1.36. The first-order valence-corrected chi connectivity index (χ1v) is 9.74. The number of fused-ring (bicyclic) bond motifs is 5. The predicted molar refractivity (Wildman–Crippen MR) is 93.6 cm³/mol. The molecule has 2 saturated carbocycles. The highest BCUT2D eigenvalue weighted by Gasteiger charge is 2.59. The van der Waals surface area contributed by atoms with E-state index in [1.165, 1.54) is 7.05 Å². The van der Waals surface area contributed by atoms with E-state index in [9.17, 15) is 14.8 Å². The van der Waals surface area contributed by atoms with Gasteiger partial charge in [0.25, 0.3) is 5.91 Å². The van der Waals surface area contributed by atoms with E-state index in [1.54, 1.807) is 0 Å². The summed E-state index contributed by atoms with van der Waals surface area (Å²) in [5.74, 6) is 1.69. The van der Waals surface area contributed by atoms with Crippen molar-refractivity contribution in [3.8, 4) is 0 Å². The fourth-order valence-corrected chi connectivity index (χ4v) is 6.78. The minimum atomic E-state index is -0.242. The Morgan fingerprint density at radius 2 is 2.00 bits per heavy atom. The molecule has 0 bridgehead atoms. The Morgan fingerprint density at radius 3 is 2.72 bits per heavy atom. The van der Waals surface area contributed by atoms with Crippen LogP contribution in [0.3, 0.4) is 0 Å². The molecular weight excluding hydrogens is 316 g/mol. The van der Waals surface area contributed by atoms with Crippen molar-refractivity contribution in [3.63, 3.8) is 0 Å². The Kier molecular flexibility index (Phi) is 3.80. The Labute approximate surface area is 149 Å². The van der Waals surface area contributed by atoms with Gasteiger partial charge in [-0.1, -0.05) is 19.9 Å². The van der Waals surface area contributed by atoms with Crippen molar-refractivity contribution < 1.29 is 14.8 Å². The van der Waals surface area contributed by atoms with Gasteiger partial charge < -0.3 is 5.32 Å². The lowest BCUT2D eigenvalue weighted by Crippen LogP contribution is -2.61. The molecule has 5 nitrogen and oxygen atoms in total. The normalized spacial score (nSPS) is 45.6. The van der Waals surface area contributed by atoms with Crippen LogP contribution in [0.4, 0.5) is 0 Å². The average molecular weight is 346 g/mol. The molecule has 6 atom stereocenters. The molecule has 2 amide bonds. The third-order valence-electron chi connectivity index (χ3n) is 8.20. The zero-order chi connectivity index (χ0) is 18.0. The van der Waals surface area contributed by atoms with Gasteiger partial charge >= 0.3 is 0 Å². The second-order valence-corrected chi connectivity index (χ2v) is 9.22. The Morgan fingerprint density at radius 1 is 1.24 bits per heavy atom. The van der Waals surface area contributed by atoms with Crippen LogP contribution >= 0.6 is 0 Å². The molecule has 1 heterocycles. The van der Waals surface area contributed by atoms with Gasteiger partial charge in [0.2, 0.25) is 5.91 Å². The van der Waals surface area contributed by atoms with Gasteiger partial charge in [-0.05, 0) is 61.7 Å². The molecular formula is C20H30N2O3. The number of likely N-dealkylation sites (N-methyl/N-ethyl adjacent to an activating group) is 1. The number of carbonyl (C=O) groups excluding carboxylic acids is 2. The number of carbonyl (C=O) groups is 2. The van der Waals surface area contributed by atoms with E-state index in [1.807, 2.05) is 0 Å². The minimum Gasteiger partial charge on any atom is -0.353 e. The van der Waals surface area contributed by atoms with Gasteiger partial charge in [0, 0.05) is 30.5 Å². The molecule has 138 valence electrons. The molecule has 4 rings (SSSR count). The van der Waals surface area contributed by atoms with Gasteiger partial charge in [0.1, 0.15) is 0 Å². The molecule has 3 aliphatic carbocycles. The maximum Gasteiger partial charge on any atom is 0.273 e. The van der Waals surface area contributed by atoms with Crippen LogP contribution in [0.5, 0.6) is 0 Å². The van der Waals surface area contributed by atoms with Crippen LogP contribution in [-0.4, -0.2) is 35.2 Å². The molecule has 0 radical (unpaired) electrons. The van der Waals surface area contributed by atoms with Crippen molar-refractivity contribution >= 4 is 11.8 Å². The molecule has 4 aliphatic rings. The number of amides is 2. The monoisotopic (exact) mass is 346 g/mol. The highest BCUT2D eigenvalue weighted by Crippen LogP contribution is 2.64. The van der Waals surface area contributed by atoms with Gasteiger partial charge in [0.05, 0.1) is 0 Å². The lowest BCUT2D eigenvalue weighted by molar-refractivity contribution is -0.157. The van der Waals surface area contributed by atoms with Crippen molar-refractivity contribution in [2.75, 3.05) is 7.05 Å². The zero-order valence-corrected chi connectivity index (χ0v) is 15.5. The minimum absolute atomic E-state index is 0.115. The third-order valence-corrected chi connectivity index (χ3v) is 8.20. The second kappa shape index (κ2) is 5.57. The number of hydrogen-bond donors (Lipinski definition) is 2.